The number of aromatic nitrogens is 3. The lowest BCUT2D eigenvalue weighted by atomic mass is 9.66. The molecule has 0 saturated carbocycles. The lowest BCUT2D eigenvalue weighted by Crippen LogP contribution is -2.54. The topological polar surface area (TPSA) is 94.4 Å². The monoisotopic (exact) mass is 528 g/mol. The summed E-state index contributed by atoms with van der Waals surface area (Å²) in [7, 11) is -3.62. The minimum atomic E-state index is -3.62. The van der Waals surface area contributed by atoms with Gasteiger partial charge >= 0.3 is 0 Å². The number of hydrogen-bond donors (Lipinski definition) is 0. The molecule has 11 heteroatoms. The quantitative estimate of drug-likeness (QED) is 0.455. The number of ether oxygens (including phenoxy) is 1. The van der Waals surface area contributed by atoms with E-state index in [4.69, 9.17) is 4.74 Å². The van der Waals surface area contributed by atoms with E-state index in [-0.39, 0.29) is 30.0 Å². The first-order valence-electron chi connectivity index (χ1n) is 11.9. The highest BCUT2D eigenvalue weighted by Crippen LogP contribution is 2.47. The molecule has 2 atom stereocenters. The standard InChI is InChI=1S/C25H25FN4O4S2/c26-19-3-5-20(6-4-19)30-22-12-18-7-9-29(36(32,33)15-21-2-1-10-34-21)16-25(18,13-17(22)14-28-30)23(31)24-27-8-11-35-24/h3-6,8,11-12,14,21H,1-2,7,9-10,13,15-16H2/t21?,25-/m0/s1. The molecule has 2 aromatic heterocycles. The Morgan fingerprint density at radius 2 is 2.11 bits per heavy atom. The second kappa shape index (κ2) is 8.98. The second-order valence-electron chi connectivity index (χ2n) is 9.54. The van der Waals surface area contributed by atoms with Crippen molar-refractivity contribution in [3.63, 3.8) is 0 Å². The maximum Gasteiger partial charge on any atom is 0.216 e. The van der Waals surface area contributed by atoms with Gasteiger partial charge in [-0.05, 0) is 61.6 Å². The lowest BCUT2D eigenvalue weighted by molar-refractivity contribution is 0.0773. The van der Waals surface area contributed by atoms with Crippen molar-refractivity contribution in [2.45, 2.75) is 31.8 Å². The number of nitrogens with zero attached hydrogens (tertiary/aromatic N) is 4. The van der Waals surface area contributed by atoms with Crippen molar-refractivity contribution in [2.75, 3.05) is 25.4 Å². The molecule has 2 saturated heterocycles. The zero-order valence-electron chi connectivity index (χ0n) is 19.5. The number of fused-ring (bicyclic) bond motifs is 2. The summed E-state index contributed by atoms with van der Waals surface area (Å²) in [5.41, 5.74) is 2.21. The van der Waals surface area contributed by atoms with Gasteiger partial charge in [0.05, 0.1) is 34.8 Å². The van der Waals surface area contributed by atoms with E-state index in [1.807, 2.05) is 6.08 Å². The number of thiazole rings is 1. The van der Waals surface area contributed by atoms with Gasteiger partial charge in [0.25, 0.3) is 0 Å². The van der Waals surface area contributed by atoms with Gasteiger partial charge in [-0.1, -0.05) is 5.57 Å². The Morgan fingerprint density at radius 1 is 1.28 bits per heavy atom. The molecule has 3 aromatic rings. The number of piperidine rings is 1. The number of sulfonamides is 1. The molecule has 0 radical (unpaired) electrons. The van der Waals surface area contributed by atoms with Crippen LogP contribution in [0.1, 0.15) is 40.3 Å². The number of hydrogen-bond acceptors (Lipinski definition) is 7. The molecular formula is C25H25FN4O4S2. The summed E-state index contributed by atoms with van der Waals surface area (Å²) in [4.78, 5) is 18.2. The Balaban J connectivity index is 1.39. The van der Waals surface area contributed by atoms with E-state index >= 15 is 0 Å². The zero-order chi connectivity index (χ0) is 24.9. The predicted molar refractivity (Wildman–Crippen MR) is 133 cm³/mol. The second-order valence-corrected chi connectivity index (χ2v) is 12.4. The average Bonchev–Trinajstić information content (AvgIpc) is 3.64. The number of Topliss-reactive ketones (excluding diaryl/α,β-unsaturated/α-hetero) is 1. The molecule has 0 spiro atoms. The molecule has 0 N–H and O–H groups in total. The fraction of sp³-hybridized carbons (Fsp3) is 0.400. The Kier molecular flexibility index (Phi) is 5.90. The third-order valence-corrected chi connectivity index (χ3v) is 9.99. The minimum absolute atomic E-state index is 0.0630. The highest BCUT2D eigenvalue weighted by atomic mass is 32.2. The summed E-state index contributed by atoms with van der Waals surface area (Å²) in [6.07, 6.45) is 7.30. The minimum Gasteiger partial charge on any atom is -0.377 e. The van der Waals surface area contributed by atoms with Crippen LogP contribution in [0.3, 0.4) is 0 Å². The fourth-order valence-electron chi connectivity index (χ4n) is 5.50. The van der Waals surface area contributed by atoms with Crippen molar-refractivity contribution < 1.29 is 22.3 Å². The molecule has 3 aliphatic rings. The van der Waals surface area contributed by atoms with Crippen LogP contribution in [0, 0.1) is 11.2 Å². The van der Waals surface area contributed by atoms with Crippen LogP contribution in [0.5, 0.6) is 0 Å². The van der Waals surface area contributed by atoms with Gasteiger partial charge in [0.2, 0.25) is 15.8 Å². The molecule has 2 aliphatic heterocycles. The van der Waals surface area contributed by atoms with Crippen LogP contribution in [0.25, 0.3) is 11.8 Å². The van der Waals surface area contributed by atoms with Gasteiger partial charge < -0.3 is 4.74 Å². The molecule has 188 valence electrons. The molecule has 36 heavy (non-hydrogen) atoms. The van der Waals surface area contributed by atoms with Gasteiger partial charge in [-0.15, -0.1) is 11.3 Å². The molecule has 8 nitrogen and oxygen atoms in total. The summed E-state index contributed by atoms with van der Waals surface area (Å²) in [5.74, 6) is -0.565. The van der Waals surface area contributed by atoms with E-state index in [2.05, 4.69) is 10.1 Å². The van der Waals surface area contributed by atoms with E-state index in [1.54, 1.807) is 34.6 Å². The maximum atomic E-state index is 14.0. The number of carbonyl (C=O) groups is 1. The van der Waals surface area contributed by atoms with Gasteiger partial charge in [-0.25, -0.2) is 26.8 Å². The summed E-state index contributed by atoms with van der Waals surface area (Å²) in [6.45, 7) is 0.946. The van der Waals surface area contributed by atoms with Crippen molar-refractivity contribution in [1.29, 1.82) is 0 Å². The van der Waals surface area contributed by atoms with Crippen LogP contribution in [-0.4, -0.2) is 64.8 Å². The average molecular weight is 529 g/mol. The molecule has 0 amide bonds. The summed E-state index contributed by atoms with van der Waals surface area (Å²) < 4.78 is 49.0. The van der Waals surface area contributed by atoms with Gasteiger partial charge in [0.1, 0.15) is 5.82 Å². The highest BCUT2D eigenvalue weighted by Gasteiger charge is 2.51. The molecule has 6 rings (SSSR count). The molecule has 1 aromatic carbocycles. The first-order chi connectivity index (χ1) is 17.4. The third-order valence-electron chi connectivity index (χ3n) is 7.33. The molecule has 1 aliphatic carbocycles. The van der Waals surface area contributed by atoms with Crippen LogP contribution >= 0.6 is 11.3 Å². The van der Waals surface area contributed by atoms with Crippen LogP contribution in [0.15, 0.2) is 47.6 Å². The van der Waals surface area contributed by atoms with Gasteiger partial charge in [0, 0.05) is 31.3 Å². The predicted octanol–water partition coefficient (Wildman–Crippen LogP) is 3.49. The molecule has 1 unspecified atom stereocenters. The van der Waals surface area contributed by atoms with Crippen molar-refractivity contribution in [1.82, 2.24) is 19.1 Å². The summed E-state index contributed by atoms with van der Waals surface area (Å²) in [6, 6.07) is 6.08. The lowest BCUT2D eigenvalue weighted by Gasteiger charge is -2.44. The first kappa shape index (κ1) is 23.7. The highest BCUT2D eigenvalue weighted by molar-refractivity contribution is 7.89. The molecule has 2 fully saturated rings. The van der Waals surface area contributed by atoms with Crippen molar-refractivity contribution in [2.24, 2.45) is 5.41 Å². The van der Waals surface area contributed by atoms with E-state index in [1.165, 1.54) is 27.8 Å². The van der Waals surface area contributed by atoms with E-state index < -0.39 is 15.4 Å². The van der Waals surface area contributed by atoms with Crippen LogP contribution in [-0.2, 0) is 21.2 Å². The van der Waals surface area contributed by atoms with Crippen LogP contribution in [0.2, 0.25) is 0 Å². The Bertz CT molecular complexity index is 1430. The van der Waals surface area contributed by atoms with Crippen molar-refractivity contribution >= 4 is 33.2 Å². The SMILES string of the molecule is O=C(c1nccs1)[C@]12Cc3cnn(-c4ccc(F)cc4)c3C=C1CCN(S(=O)(=O)CC1CCCO1)C2. The Morgan fingerprint density at radius 3 is 2.83 bits per heavy atom. The molecular weight excluding hydrogens is 503 g/mol. The number of benzene rings is 1. The van der Waals surface area contributed by atoms with E-state index in [0.29, 0.717) is 36.7 Å². The van der Waals surface area contributed by atoms with Gasteiger partial charge in [-0.3, -0.25) is 4.79 Å². The van der Waals surface area contributed by atoms with Crippen molar-refractivity contribution in [3.8, 4) is 5.69 Å². The first-order valence-corrected chi connectivity index (χ1v) is 14.4. The van der Waals surface area contributed by atoms with Gasteiger partial charge in [0.15, 0.2) is 5.01 Å². The number of carbonyl (C=O) groups excluding carboxylic acids is 1. The Hall–Kier alpha value is -2.73. The maximum absolute atomic E-state index is 14.0. The van der Waals surface area contributed by atoms with E-state index in [0.717, 1.165) is 29.7 Å². The zero-order valence-corrected chi connectivity index (χ0v) is 21.1. The number of rotatable bonds is 6. The molecule has 0 bridgehead atoms. The van der Waals surface area contributed by atoms with E-state index in [9.17, 15) is 17.6 Å². The Labute approximate surface area is 212 Å². The van der Waals surface area contributed by atoms with Crippen LogP contribution in [0.4, 0.5) is 4.39 Å². The normalized spacial score (nSPS) is 24.2. The fourth-order valence-corrected chi connectivity index (χ4v) is 7.90. The number of ketones is 1. The van der Waals surface area contributed by atoms with Gasteiger partial charge in [-0.2, -0.15) is 5.10 Å². The van der Waals surface area contributed by atoms with Crippen LogP contribution < -0.4 is 0 Å². The summed E-state index contributed by atoms with van der Waals surface area (Å²) >= 11 is 1.26. The largest absolute Gasteiger partial charge is 0.377 e. The number of halogens is 1. The van der Waals surface area contributed by atoms with Crippen molar-refractivity contribution in [3.05, 3.63) is 69.7 Å². The molecule has 4 heterocycles. The third kappa shape index (κ3) is 4.03. The smallest absolute Gasteiger partial charge is 0.216 e. The summed E-state index contributed by atoms with van der Waals surface area (Å²) in [5, 5.41) is 6.64.